The van der Waals surface area contributed by atoms with Gasteiger partial charge in [-0.2, -0.15) is 0 Å². The van der Waals surface area contributed by atoms with Crippen molar-refractivity contribution in [3.05, 3.63) is 57.6 Å². The van der Waals surface area contributed by atoms with Gasteiger partial charge in [-0.25, -0.2) is 0 Å². The summed E-state index contributed by atoms with van der Waals surface area (Å²) >= 11 is 0. The Bertz CT molecular complexity index is 1150. The molecule has 1 N–H and O–H groups in total. The largest absolute Gasteiger partial charge is 0.512 e. The summed E-state index contributed by atoms with van der Waals surface area (Å²) in [4.78, 5) is 24.2. The lowest BCUT2D eigenvalue weighted by Crippen LogP contribution is -2.27. The van der Waals surface area contributed by atoms with Crippen molar-refractivity contribution in [1.82, 2.24) is 0 Å². The highest BCUT2D eigenvalue weighted by Crippen LogP contribution is 2.40. The first-order chi connectivity index (χ1) is 13.0. The molecular formula is C21H18O6. The molecule has 0 saturated carbocycles. The molecule has 6 heteroatoms. The van der Waals surface area contributed by atoms with Gasteiger partial charge in [-0.3, -0.25) is 9.59 Å². The van der Waals surface area contributed by atoms with Crippen molar-refractivity contribution in [3.8, 4) is 5.75 Å². The Morgan fingerprint density at radius 1 is 1.33 bits per heavy atom. The normalized spacial score (nSPS) is 16.4. The van der Waals surface area contributed by atoms with Crippen LogP contribution in [-0.4, -0.2) is 24.3 Å². The first-order valence-electron chi connectivity index (χ1n) is 8.59. The topological polar surface area (TPSA) is 86.0 Å². The van der Waals surface area contributed by atoms with Gasteiger partial charge >= 0.3 is 5.97 Å². The van der Waals surface area contributed by atoms with Crippen molar-refractivity contribution < 1.29 is 23.8 Å². The molecule has 0 radical (unpaired) electrons. The Balaban J connectivity index is 2.01. The van der Waals surface area contributed by atoms with Crippen molar-refractivity contribution >= 4 is 33.8 Å². The average Bonchev–Trinajstić information content (AvgIpc) is 2.60. The van der Waals surface area contributed by atoms with Gasteiger partial charge in [-0.15, -0.1) is 0 Å². The Morgan fingerprint density at radius 3 is 2.89 bits per heavy atom. The van der Waals surface area contributed by atoms with Crippen molar-refractivity contribution in [2.45, 2.75) is 25.9 Å². The number of carbonyl (C=O) groups excluding carboxylic acids is 1. The predicted molar refractivity (Wildman–Crippen MR) is 101 cm³/mol. The molecule has 0 fully saturated rings. The van der Waals surface area contributed by atoms with Gasteiger partial charge in [0.15, 0.2) is 5.43 Å². The predicted octanol–water partition coefficient (Wildman–Crippen LogP) is 3.73. The average molecular weight is 366 g/mol. The van der Waals surface area contributed by atoms with Crippen LogP contribution in [0.4, 0.5) is 0 Å². The SMILES string of the molecule is COC(=O)C[C@@H]1Cc2cc3cccc(=O)c3c3oc(/C=C(/C)O)cc(c23)O1. The van der Waals surface area contributed by atoms with E-state index in [0.29, 0.717) is 28.9 Å². The highest BCUT2D eigenvalue weighted by Gasteiger charge is 2.27. The van der Waals surface area contributed by atoms with Crippen LogP contribution in [0.1, 0.15) is 24.7 Å². The van der Waals surface area contributed by atoms with Gasteiger partial charge in [-0.05, 0) is 30.0 Å². The van der Waals surface area contributed by atoms with Gasteiger partial charge in [0.2, 0.25) is 0 Å². The minimum absolute atomic E-state index is 0.0648. The number of benzene rings is 2. The number of allylic oxidation sites excluding steroid dienone is 1. The van der Waals surface area contributed by atoms with Crippen LogP contribution in [0.2, 0.25) is 0 Å². The zero-order valence-electron chi connectivity index (χ0n) is 14.9. The van der Waals surface area contributed by atoms with Crippen LogP contribution < -0.4 is 10.2 Å². The molecule has 0 bridgehead atoms. The van der Waals surface area contributed by atoms with E-state index in [1.807, 2.05) is 12.1 Å². The number of aliphatic hydroxyl groups excluding tert-OH is 1. The lowest BCUT2D eigenvalue weighted by Gasteiger charge is -2.26. The van der Waals surface area contributed by atoms with Crippen LogP contribution in [0.25, 0.3) is 27.8 Å². The van der Waals surface area contributed by atoms with Gasteiger partial charge in [0.1, 0.15) is 23.2 Å². The third-order valence-electron chi connectivity index (χ3n) is 4.62. The van der Waals surface area contributed by atoms with Crippen LogP contribution in [0.3, 0.4) is 0 Å². The molecule has 2 heterocycles. The maximum absolute atomic E-state index is 12.5. The van der Waals surface area contributed by atoms with E-state index in [1.54, 1.807) is 12.1 Å². The molecule has 2 aromatic carbocycles. The highest BCUT2D eigenvalue weighted by molar-refractivity contribution is 6.08. The summed E-state index contributed by atoms with van der Waals surface area (Å²) < 4.78 is 16.7. The Morgan fingerprint density at radius 2 is 2.15 bits per heavy atom. The first-order valence-corrected chi connectivity index (χ1v) is 8.59. The fraction of sp³-hybridized carbons (Fsp3) is 0.238. The number of carbonyl (C=O) groups is 1. The number of fused-ring (bicyclic) bond motifs is 2. The molecule has 0 amide bonds. The van der Waals surface area contributed by atoms with Gasteiger partial charge < -0.3 is 19.0 Å². The third-order valence-corrected chi connectivity index (χ3v) is 4.62. The summed E-state index contributed by atoms with van der Waals surface area (Å²) in [5.41, 5.74) is 1.22. The van der Waals surface area contributed by atoms with E-state index in [0.717, 1.165) is 16.3 Å². The molecule has 1 aromatic heterocycles. The van der Waals surface area contributed by atoms with E-state index in [1.165, 1.54) is 26.2 Å². The van der Waals surface area contributed by atoms with E-state index in [2.05, 4.69) is 0 Å². The number of aliphatic hydroxyl groups is 1. The maximum Gasteiger partial charge on any atom is 0.309 e. The van der Waals surface area contributed by atoms with Gasteiger partial charge in [-0.1, -0.05) is 12.1 Å². The molecule has 3 aromatic rings. The Hall–Kier alpha value is -3.28. The molecule has 0 unspecified atom stereocenters. The van der Waals surface area contributed by atoms with E-state index in [9.17, 15) is 14.7 Å². The molecule has 138 valence electrons. The van der Waals surface area contributed by atoms with Crippen LogP contribution in [-0.2, 0) is 16.0 Å². The Labute approximate surface area is 154 Å². The van der Waals surface area contributed by atoms with Crippen molar-refractivity contribution in [2.75, 3.05) is 7.11 Å². The number of hydrogen-bond donors (Lipinski definition) is 1. The smallest absolute Gasteiger partial charge is 0.309 e. The molecule has 1 aliphatic rings. The monoisotopic (exact) mass is 366 g/mol. The minimum atomic E-state index is -0.379. The second-order valence-electron chi connectivity index (χ2n) is 6.62. The molecule has 4 rings (SSSR count). The molecule has 1 aliphatic heterocycles. The fourth-order valence-electron chi connectivity index (χ4n) is 3.54. The van der Waals surface area contributed by atoms with Crippen LogP contribution in [0.15, 0.2) is 45.3 Å². The van der Waals surface area contributed by atoms with E-state index < -0.39 is 0 Å². The van der Waals surface area contributed by atoms with Crippen molar-refractivity contribution in [1.29, 1.82) is 0 Å². The highest BCUT2D eigenvalue weighted by atomic mass is 16.5. The quantitative estimate of drug-likeness (QED) is 0.432. The maximum atomic E-state index is 12.5. The summed E-state index contributed by atoms with van der Waals surface area (Å²) in [6, 6.07) is 8.65. The third kappa shape index (κ3) is 3.03. The lowest BCUT2D eigenvalue weighted by molar-refractivity contribution is -0.142. The van der Waals surface area contributed by atoms with E-state index in [4.69, 9.17) is 13.9 Å². The first kappa shape index (κ1) is 17.1. The van der Waals surface area contributed by atoms with Crippen molar-refractivity contribution in [2.24, 2.45) is 0 Å². The Kier molecular flexibility index (Phi) is 4.11. The molecule has 0 saturated heterocycles. The number of ether oxygens (including phenoxy) is 2. The molecule has 1 atom stereocenters. The summed E-state index contributed by atoms with van der Waals surface area (Å²) in [7, 11) is 1.34. The number of methoxy groups -OCH3 is 1. The summed E-state index contributed by atoms with van der Waals surface area (Å²) in [6.07, 6.45) is 1.69. The molecule has 0 aliphatic carbocycles. The standard InChI is InChI=1S/C21H18O6/c1-11(22)6-14-9-17-20-13(8-15(26-17)10-18(24)25-2)7-12-4-3-5-16(23)19(12)21(20)27-14/h3-7,9,15,22H,8,10H2,1-2H3/b11-6-/t15-/m0/s1. The molecular weight excluding hydrogens is 348 g/mol. The van der Waals surface area contributed by atoms with E-state index >= 15 is 0 Å². The van der Waals surface area contributed by atoms with Gasteiger partial charge in [0, 0.05) is 18.6 Å². The number of esters is 1. The van der Waals surface area contributed by atoms with Crippen LogP contribution >= 0.6 is 0 Å². The summed E-state index contributed by atoms with van der Waals surface area (Å²) in [5, 5.41) is 11.6. The van der Waals surface area contributed by atoms with Crippen LogP contribution in [0.5, 0.6) is 5.75 Å². The van der Waals surface area contributed by atoms with Crippen molar-refractivity contribution in [3.63, 3.8) is 0 Å². The summed E-state index contributed by atoms with van der Waals surface area (Å²) in [6.45, 7) is 1.53. The molecule has 6 nitrogen and oxygen atoms in total. The zero-order chi connectivity index (χ0) is 19.1. The second-order valence-corrected chi connectivity index (χ2v) is 6.62. The lowest BCUT2D eigenvalue weighted by atomic mass is 9.94. The van der Waals surface area contributed by atoms with Gasteiger partial charge in [0.05, 0.1) is 30.1 Å². The zero-order valence-corrected chi connectivity index (χ0v) is 14.9. The van der Waals surface area contributed by atoms with Crippen LogP contribution in [0, 0.1) is 0 Å². The van der Waals surface area contributed by atoms with Gasteiger partial charge in [0.25, 0.3) is 0 Å². The molecule has 27 heavy (non-hydrogen) atoms. The molecule has 0 spiro atoms. The number of rotatable bonds is 3. The summed E-state index contributed by atoms with van der Waals surface area (Å²) in [5.74, 6) is 0.589. The fourth-order valence-corrected chi connectivity index (χ4v) is 3.54. The second kappa shape index (κ2) is 6.46. The number of hydrogen-bond acceptors (Lipinski definition) is 6. The minimum Gasteiger partial charge on any atom is -0.512 e. The van der Waals surface area contributed by atoms with E-state index in [-0.39, 0.29) is 29.7 Å².